The number of likely N-dealkylation sites (N-methyl/N-ethyl adjacent to an activating group) is 1. The summed E-state index contributed by atoms with van der Waals surface area (Å²) in [7, 11) is 2.07. The maximum absolute atomic E-state index is 4.39. The molecule has 1 aliphatic rings. The summed E-state index contributed by atoms with van der Waals surface area (Å²) in [6, 6.07) is 0.695. The Morgan fingerprint density at radius 2 is 2.39 bits per heavy atom. The molecule has 4 heteroatoms. The quantitative estimate of drug-likeness (QED) is 0.829. The van der Waals surface area contributed by atoms with Gasteiger partial charge in [0.25, 0.3) is 0 Å². The first kappa shape index (κ1) is 13.6. The normalized spacial score (nSPS) is 20.5. The van der Waals surface area contributed by atoms with E-state index in [1.807, 2.05) is 12.4 Å². The molecule has 0 spiro atoms. The van der Waals surface area contributed by atoms with Gasteiger partial charge in [-0.05, 0) is 25.9 Å². The third kappa shape index (κ3) is 3.82. The van der Waals surface area contributed by atoms with E-state index in [2.05, 4.69) is 33.7 Å². The molecule has 0 radical (unpaired) electrons. The lowest BCUT2D eigenvalue weighted by Gasteiger charge is -2.29. The van der Waals surface area contributed by atoms with Gasteiger partial charge in [-0.2, -0.15) is 0 Å². The first-order chi connectivity index (χ1) is 8.79. The summed E-state index contributed by atoms with van der Waals surface area (Å²) in [4.78, 5) is 6.93. The summed E-state index contributed by atoms with van der Waals surface area (Å²) in [5, 5.41) is 3.63. The van der Waals surface area contributed by atoms with E-state index >= 15 is 0 Å². The standard InChI is InChI=1S/C14H26N4/c1-3-18(12-13-6-4-5-8-15-13)10-7-14-16-9-11-17(14)2/h9,11,13,15H,3-8,10,12H2,1-2H3. The first-order valence-electron chi connectivity index (χ1n) is 7.21. The topological polar surface area (TPSA) is 33.1 Å². The van der Waals surface area contributed by atoms with E-state index in [4.69, 9.17) is 0 Å². The Labute approximate surface area is 110 Å². The maximum Gasteiger partial charge on any atom is 0.109 e. The van der Waals surface area contributed by atoms with Gasteiger partial charge >= 0.3 is 0 Å². The van der Waals surface area contributed by atoms with Crippen molar-refractivity contribution < 1.29 is 0 Å². The fourth-order valence-corrected chi connectivity index (χ4v) is 2.67. The SMILES string of the molecule is CCN(CCc1nccn1C)CC1CCCCN1. The van der Waals surface area contributed by atoms with Crippen LogP contribution in [0.3, 0.4) is 0 Å². The highest BCUT2D eigenvalue weighted by molar-refractivity contribution is 4.92. The lowest BCUT2D eigenvalue weighted by atomic mass is 10.0. The Morgan fingerprint density at radius 1 is 1.50 bits per heavy atom. The molecular weight excluding hydrogens is 224 g/mol. The van der Waals surface area contributed by atoms with Crippen LogP contribution >= 0.6 is 0 Å². The molecule has 2 rings (SSSR count). The molecule has 0 saturated carbocycles. The van der Waals surface area contributed by atoms with E-state index in [0.29, 0.717) is 6.04 Å². The van der Waals surface area contributed by atoms with Crippen molar-refractivity contribution in [3.8, 4) is 0 Å². The van der Waals surface area contributed by atoms with E-state index in [1.54, 1.807) is 0 Å². The van der Waals surface area contributed by atoms with Crippen LogP contribution in [0.4, 0.5) is 0 Å². The Hall–Kier alpha value is -0.870. The first-order valence-corrected chi connectivity index (χ1v) is 7.21. The van der Waals surface area contributed by atoms with Gasteiger partial charge in [0, 0.05) is 45.0 Å². The minimum absolute atomic E-state index is 0.695. The summed E-state index contributed by atoms with van der Waals surface area (Å²) in [5.74, 6) is 1.19. The van der Waals surface area contributed by atoms with Gasteiger partial charge < -0.3 is 14.8 Å². The van der Waals surface area contributed by atoms with Gasteiger partial charge in [-0.25, -0.2) is 4.98 Å². The Bertz CT molecular complexity index is 341. The van der Waals surface area contributed by atoms with Crippen LogP contribution in [0.5, 0.6) is 0 Å². The number of aromatic nitrogens is 2. The molecular formula is C14H26N4. The molecule has 0 aliphatic carbocycles. The molecule has 1 unspecified atom stereocenters. The van der Waals surface area contributed by atoms with Crippen molar-refractivity contribution in [3.05, 3.63) is 18.2 Å². The molecule has 1 N–H and O–H groups in total. The van der Waals surface area contributed by atoms with Crippen molar-refractivity contribution in [3.63, 3.8) is 0 Å². The average molecular weight is 250 g/mol. The number of nitrogens with one attached hydrogen (secondary N) is 1. The van der Waals surface area contributed by atoms with Crippen molar-refractivity contribution in [2.24, 2.45) is 7.05 Å². The molecule has 0 aromatic carbocycles. The van der Waals surface area contributed by atoms with E-state index in [9.17, 15) is 0 Å². The van der Waals surface area contributed by atoms with Crippen LogP contribution in [-0.2, 0) is 13.5 Å². The van der Waals surface area contributed by atoms with Gasteiger partial charge in [0.15, 0.2) is 0 Å². The van der Waals surface area contributed by atoms with E-state index in [-0.39, 0.29) is 0 Å². The number of imidazole rings is 1. The second kappa shape index (κ2) is 6.90. The van der Waals surface area contributed by atoms with E-state index in [1.165, 1.54) is 38.2 Å². The minimum Gasteiger partial charge on any atom is -0.338 e. The molecule has 1 atom stereocenters. The Balaban J connectivity index is 1.76. The van der Waals surface area contributed by atoms with Crippen LogP contribution in [0.1, 0.15) is 32.0 Å². The monoisotopic (exact) mass is 250 g/mol. The highest BCUT2D eigenvalue weighted by atomic mass is 15.2. The highest BCUT2D eigenvalue weighted by Crippen LogP contribution is 2.09. The molecule has 102 valence electrons. The van der Waals surface area contributed by atoms with Gasteiger partial charge in [-0.15, -0.1) is 0 Å². The number of piperidine rings is 1. The summed E-state index contributed by atoms with van der Waals surface area (Å²) in [6.45, 7) is 6.87. The minimum atomic E-state index is 0.695. The van der Waals surface area contributed by atoms with Crippen molar-refractivity contribution >= 4 is 0 Å². The van der Waals surface area contributed by atoms with Crippen LogP contribution in [0.25, 0.3) is 0 Å². The van der Waals surface area contributed by atoms with Crippen molar-refractivity contribution in [1.29, 1.82) is 0 Å². The van der Waals surface area contributed by atoms with Crippen LogP contribution in [0.15, 0.2) is 12.4 Å². The largest absolute Gasteiger partial charge is 0.338 e. The molecule has 1 aliphatic heterocycles. The number of hydrogen-bond acceptors (Lipinski definition) is 3. The second-order valence-corrected chi connectivity index (χ2v) is 5.24. The summed E-state index contributed by atoms with van der Waals surface area (Å²) >= 11 is 0. The molecule has 4 nitrogen and oxygen atoms in total. The fourth-order valence-electron chi connectivity index (χ4n) is 2.67. The molecule has 18 heavy (non-hydrogen) atoms. The third-order valence-corrected chi connectivity index (χ3v) is 3.91. The zero-order valence-corrected chi connectivity index (χ0v) is 11.7. The highest BCUT2D eigenvalue weighted by Gasteiger charge is 2.15. The summed E-state index contributed by atoms with van der Waals surface area (Å²) in [6.07, 6.45) is 9.01. The average Bonchev–Trinajstić information content (AvgIpc) is 2.81. The van der Waals surface area contributed by atoms with Crippen molar-refractivity contribution in [1.82, 2.24) is 19.8 Å². The van der Waals surface area contributed by atoms with Gasteiger partial charge in [-0.1, -0.05) is 13.3 Å². The fraction of sp³-hybridized carbons (Fsp3) is 0.786. The number of aryl methyl sites for hydroxylation is 1. The maximum atomic E-state index is 4.39. The molecule has 1 aromatic heterocycles. The van der Waals surface area contributed by atoms with E-state index in [0.717, 1.165) is 19.5 Å². The third-order valence-electron chi connectivity index (χ3n) is 3.91. The zero-order valence-electron chi connectivity index (χ0n) is 11.7. The number of hydrogen-bond donors (Lipinski definition) is 1. The smallest absolute Gasteiger partial charge is 0.109 e. The predicted octanol–water partition coefficient (Wildman–Crippen LogP) is 1.43. The summed E-state index contributed by atoms with van der Waals surface area (Å²) < 4.78 is 2.12. The Kier molecular flexibility index (Phi) is 5.20. The van der Waals surface area contributed by atoms with E-state index < -0.39 is 0 Å². The molecule has 0 amide bonds. The Morgan fingerprint density at radius 3 is 3.00 bits per heavy atom. The second-order valence-electron chi connectivity index (χ2n) is 5.24. The lowest BCUT2D eigenvalue weighted by molar-refractivity contribution is 0.234. The number of rotatable bonds is 6. The van der Waals surface area contributed by atoms with Crippen molar-refractivity contribution in [2.75, 3.05) is 26.2 Å². The molecule has 1 aromatic rings. The van der Waals surface area contributed by atoms with Crippen molar-refractivity contribution in [2.45, 2.75) is 38.6 Å². The van der Waals surface area contributed by atoms with Gasteiger partial charge in [-0.3, -0.25) is 0 Å². The summed E-state index contributed by atoms with van der Waals surface area (Å²) in [5.41, 5.74) is 0. The van der Waals surface area contributed by atoms with Crippen LogP contribution < -0.4 is 5.32 Å². The van der Waals surface area contributed by atoms with Crippen LogP contribution in [0, 0.1) is 0 Å². The lowest BCUT2D eigenvalue weighted by Crippen LogP contribution is -2.44. The number of nitrogens with zero attached hydrogens (tertiary/aromatic N) is 3. The van der Waals surface area contributed by atoms with Gasteiger partial charge in [0.1, 0.15) is 5.82 Å². The molecule has 0 bridgehead atoms. The van der Waals surface area contributed by atoms with Crippen LogP contribution in [0.2, 0.25) is 0 Å². The zero-order chi connectivity index (χ0) is 12.8. The molecule has 1 fully saturated rings. The molecule has 1 saturated heterocycles. The van der Waals surface area contributed by atoms with Gasteiger partial charge in [0.2, 0.25) is 0 Å². The van der Waals surface area contributed by atoms with Crippen LogP contribution in [-0.4, -0.2) is 46.7 Å². The predicted molar refractivity (Wildman–Crippen MR) is 74.7 cm³/mol. The van der Waals surface area contributed by atoms with Gasteiger partial charge in [0.05, 0.1) is 0 Å². The molecule has 2 heterocycles.